The molecule has 0 saturated carbocycles. The third-order valence-corrected chi connectivity index (χ3v) is 1.64. The Morgan fingerprint density at radius 1 is 1.09 bits per heavy atom. The molecule has 0 radical (unpaired) electrons. The zero-order valence-corrected chi connectivity index (χ0v) is 7.92. The summed E-state index contributed by atoms with van der Waals surface area (Å²) in [4.78, 5) is 14.5. The van der Waals surface area contributed by atoms with Gasteiger partial charge in [0, 0.05) is 27.2 Å². The van der Waals surface area contributed by atoms with Crippen molar-refractivity contribution >= 4 is 6.03 Å². The number of hydrogen-bond acceptors (Lipinski definition) is 1. The quantitative estimate of drug-likeness (QED) is 0.522. The normalized spacial score (nSPS) is 17.6. The fourth-order valence-corrected chi connectivity index (χ4v) is 1.03. The van der Waals surface area contributed by atoms with E-state index in [1.807, 2.05) is 27.9 Å². The molecule has 1 fully saturated rings. The molecule has 0 aliphatic carbocycles. The van der Waals surface area contributed by atoms with Crippen molar-refractivity contribution in [1.82, 2.24) is 9.80 Å². The maximum absolute atomic E-state index is 11.0. The smallest absolute Gasteiger partial charge is 0.319 e. The molecule has 3 heteroatoms. The first-order valence-electron chi connectivity index (χ1n) is 4.18. The van der Waals surface area contributed by atoms with Crippen molar-refractivity contribution in [2.45, 2.75) is 20.3 Å². The Kier molecular flexibility index (Phi) is 4.66. The van der Waals surface area contributed by atoms with Crippen LogP contribution in [-0.4, -0.2) is 43.0 Å². The number of carbonyl (C=O) groups excluding carboxylic acids is 1. The lowest BCUT2D eigenvalue weighted by atomic mass is 10.3. The second-order valence-corrected chi connectivity index (χ2v) is 2.48. The van der Waals surface area contributed by atoms with E-state index in [0.717, 1.165) is 19.5 Å². The third-order valence-electron chi connectivity index (χ3n) is 1.64. The van der Waals surface area contributed by atoms with Crippen LogP contribution in [0.1, 0.15) is 20.3 Å². The highest BCUT2D eigenvalue weighted by atomic mass is 16.2. The minimum Gasteiger partial charge on any atom is -0.328 e. The van der Waals surface area contributed by atoms with Crippen LogP contribution in [-0.2, 0) is 0 Å². The molecule has 66 valence electrons. The van der Waals surface area contributed by atoms with Crippen LogP contribution in [0.4, 0.5) is 4.79 Å². The molecule has 0 aromatic rings. The van der Waals surface area contributed by atoms with Crippen LogP contribution in [0.3, 0.4) is 0 Å². The van der Waals surface area contributed by atoms with Crippen molar-refractivity contribution in [2.75, 3.05) is 27.2 Å². The van der Waals surface area contributed by atoms with E-state index in [-0.39, 0.29) is 6.03 Å². The Balaban J connectivity index is 0.000000461. The van der Waals surface area contributed by atoms with Crippen LogP contribution in [0.15, 0.2) is 0 Å². The Morgan fingerprint density at radius 3 is 1.73 bits per heavy atom. The Bertz CT molecular complexity index is 113. The standard InChI is InChI=1S/C6H12N2O.C2H6/c1-7-4-3-5-8(2)6(7)9;1-2/h3-5H2,1-2H3;1-2H3. The number of carbonyl (C=O) groups is 1. The highest BCUT2D eigenvalue weighted by Gasteiger charge is 2.17. The van der Waals surface area contributed by atoms with Gasteiger partial charge in [-0.1, -0.05) is 13.8 Å². The van der Waals surface area contributed by atoms with Gasteiger partial charge in [-0.15, -0.1) is 0 Å². The maximum atomic E-state index is 11.0. The van der Waals surface area contributed by atoms with Gasteiger partial charge in [-0.3, -0.25) is 0 Å². The van der Waals surface area contributed by atoms with Gasteiger partial charge in [0.2, 0.25) is 0 Å². The third kappa shape index (κ3) is 2.78. The van der Waals surface area contributed by atoms with Gasteiger partial charge >= 0.3 is 6.03 Å². The summed E-state index contributed by atoms with van der Waals surface area (Å²) in [7, 11) is 3.66. The lowest BCUT2D eigenvalue weighted by Gasteiger charge is -2.30. The molecular weight excluding hydrogens is 140 g/mol. The van der Waals surface area contributed by atoms with E-state index in [4.69, 9.17) is 0 Å². The first-order valence-corrected chi connectivity index (χ1v) is 4.18. The Morgan fingerprint density at radius 2 is 1.45 bits per heavy atom. The number of amides is 2. The highest BCUT2D eigenvalue weighted by Crippen LogP contribution is 2.02. The zero-order valence-electron chi connectivity index (χ0n) is 7.92. The van der Waals surface area contributed by atoms with Crippen LogP contribution < -0.4 is 0 Å². The summed E-state index contributed by atoms with van der Waals surface area (Å²) in [6, 6.07) is 0.140. The van der Waals surface area contributed by atoms with Gasteiger partial charge in [0.25, 0.3) is 0 Å². The van der Waals surface area contributed by atoms with Gasteiger partial charge < -0.3 is 9.80 Å². The molecule has 3 nitrogen and oxygen atoms in total. The van der Waals surface area contributed by atoms with Crippen molar-refractivity contribution in [3.8, 4) is 0 Å². The summed E-state index contributed by atoms with van der Waals surface area (Å²) < 4.78 is 0. The lowest BCUT2D eigenvalue weighted by molar-refractivity contribution is 0.153. The predicted molar refractivity (Wildman–Crippen MR) is 46.6 cm³/mol. The molecule has 0 unspecified atom stereocenters. The van der Waals surface area contributed by atoms with E-state index in [9.17, 15) is 4.79 Å². The second-order valence-electron chi connectivity index (χ2n) is 2.48. The van der Waals surface area contributed by atoms with Gasteiger partial charge in [0.05, 0.1) is 0 Å². The summed E-state index contributed by atoms with van der Waals surface area (Å²) in [5.74, 6) is 0. The molecule has 1 saturated heterocycles. The summed E-state index contributed by atoms with van der Waals surface area (Å²) in [5, 5.41) is 0. The Hall–Kier alpha value is -0.730. The van der Waals surface area contributed by atoms with Crippen molar-refractivity contribution in [2.24, 2.45) is 0 Å². The van der Waals surface area contributed by atoms with Crippen molar-refractivity contribution in [3.63, 3.8) is 0 Å². The lowest BCUT2D eigenvalue weighted by Crippen LogP contribution is -2.44. The minimum absolute atomic E-state index is 0.140. The monoisotopic (exact) mass is 158 g/mol. The largest absolute Gasteiger partial charge is 0.328 e. The van der Waals surface area contributed by atoms with Crippen LogP contribution in [0.5, 0.6) is 0 Å². The van der Waals surface area contributed by atoms with Gasteiger partial charge in [0.15, 0.2) is 0 Å². The van der Waals surface area contributed by atoms with E-state index in [2.05, 4.69) is 0 Å². The van der Waals surface area contributed by atoms with E-state index >= 15 is 0 Å². The van der Waals surface area contributed by atoms with Crippen molar-refractivity contribution in [1.29, 1.82) is 0 Å². The molecule has 0 aromatic heterocycles. The van der Waals surface area contributed by atoms with Crippen molar-refractivity contribution in [3.05, 3.63) is 0 Å². The van der Waals surface area contributed by atoms with Crippen molar-refractivity contribution < 1.29 is 4.79 Å². The minimum atomic E-state index is 0.140. The second kappa shape index (κ2) is 4.99. The molecular formula is C8H18N2O. The van der Waals surface area contributed by atoms with Gasteiger partial charge in [-0.2, -0.15) is 0 Å². The first-order chi connectivity index (χ1) is 5.22. The molecule has 1 rings (SSSR count). The molecule has 0 aromatic carbocycles. The number of urea groups is 1. The van der Waals surface area contributed by atoms with E-state index in [1.54, 1.807) is 9.80 Å². The number of rotatable bonds is 0. The molecule has 2 amide bonds. The van der Waals surface area contributed by atoms with E-state index < -0.39 is 0 Å². The molecule has 1 aliphatic rings. The molecule has 1 aliphatic heterocycles. The molecule has 0 spiro atoms. The Labute approximate surface area is 69.0 Å². The predicted octanol–water partition coefficient (Wildman–Crippen LogP) is 1.40. The number of hydrogen-bond donors (Lipinski definition) is 0. The fourth-order valence-electron chi connectivity index (χ4n) is 1.03. The zero-order chi connectivity index (χ0) is 8.85. The van der Waals surface area contributed by atoms with Crippen LogP contribution in [0.25, 0.3) is 0 Å². The molecule has 0 N–H and O–H groups in total. The molecule has 1 heterocycles. The first kappa shape index (κ1) is 10.3. The number of nitrogens with zero attached hydrogens (tertiary/aromatic N) is 2. The van der Waals surface area contributed by atoms with E-state index in [0.29, 0.717) is 0 Å². The average Bonchev–Trinajstić information content (AvgIpc) is 2.04. The van der Waals surface area contributed by atoms with Gasteiger partial charge in [-0.25, -0.2) is 4.79 Å². The summed E-state index contributed by atoms with van der Waals surface area (Å²) in [6.45, 7) is 5.81. The van der Waals surface area contributed by atoms with Crippen LogP contribution >= 0.6 is 0 Å². The van der Waals surface area contributed by atoms with Gasteiger partial charge in [-0.05, 0) is 6.42 Å². The molecule has 0 bridgehead atoms. The fraction of sp³-hybridized carbons (Fsp3) is 0.875. The molecule has 0 atom stereocenters. The van der Waals surface area contributed by atoms with E-state index in [1.165, 1.54) is 0 Å². The molecule has 11 heavy (non-hydrogen) atoms. The van der Waals surface area contributed by atoms with Crippen LogP contribution in [0, 0.1) is 0 Å². The SMILES string of the molecule is CC.CN1CCCN(C)C1=O. The summed E-state index contributed by atoms with van der Waals surface area (Å²) in [6.07, 6.45) is 1.10. The van der Waals surface area contributed by atoms with Crippen LogP contribution in [0.2, 0.25) is 0 Å². The maximum Gasteiger partial charge on any atom is 0.319 e. The summed E-state index contributed by atoms with van der Waals surface area (Å²) in [5.41, 5.74) is 0. The average molecular weight is 158 g/mol. The topological polar surface area (TPSA) is 23.6 Å². The highest BCUT2D eigenvalue weighted by molar-refractivity contribution is 5.74. The van der Waals surface area contributed by atoms with Gasteiger partial charge in [0.1, 0.15) is 0 Å². The summed E-state index contributed by atoms with van der Waals surface area (Å²) >= 11 is 0.